The lowest BCUT2D eigenvalue weighted by molar-refractivity contribution is -0.157. The Morgan fingerprint density at radius 1 is 1.38 bits per heavy atom. The Labute approximate surface area is 77.1 Å². The summed E-state index contributed by atoms with van der Waals surface area (Å²) < 4.78 is 16.1. The van der Waals surface area contributed by atoms with Crippen molar-refractivity contribution in [1.29, 1.82) is 0 Å². The summed E-state index contributed by atoms with van der Waals surface area (Å²) in [4.78, 5) is 0. The number of hydrogen-bond donors (Lipinski definition) is 1. The SMILES string of the molecule is CC1(C)OC2C=COC[C@@H](O)[C@H]2O1. The number of aliphatic hydroxyl groups excluding tert-OH is 1. The van der Waals surface area contributed by atoms with Gasteiger partial charge in [0.1, 0.15) is 24.9 Å². The molecule has 1 fully saturated rings. The highest BCUT2D eigenvalue weighted by Crippen LogP contribution is 2.31. The number of rotatable bonds is 0. The van der Waals surface area contributed by atoms with Crippen molar-refractivity contribution in [3.8, 4) is 0 Å². The van der Waals surface area contributed by atoms with Gasteiger partial charge in [0.05, 0.1) is 6.26 Å². The molecule has 0 aromatic heterocycles. The summed E-state index contributed by atoms with van der Waals surface area (Å²) in [6.45, 7) is 3.93. The molecule has 2 rings (SSSR count). The van der Waals surface area contributed by atoms with Gasteiger partial charge < -0.3 is 19.3 Å². The van der Waals surface area contributed by atoms with Gasteiger partial charge in [0, 0.05) is 0 Å². The van der Waals surface area contributed by atoms with Gasteiger partial charge in [-0.2, -0.15) is 0 Å². The second-order valence-corrected chi connectivity index (χ2v) is 3.79. The molecule has 0 amide bonds. The Morgan fingerprint density at radius 3 is 2.92 bits per heavy atom. The van der Waals surface area contributed by atoms with Crippen molar-refractivity contribution < 1.29 is 19.3 Å². The summed E-state index contributed by atoms with van der Waals surface area (Å²) in [6, 6.07) is 0. The molecule has 1 saturated heterocycles. The molecule has 0 bridgehead atoms. The summed E-state index contributed by atoms with van der Waals surface area (Å²) in [5.74, 6) is -0.613. The van der Waals surface area contributed by atoms with Gasteiger partial charge in [-0.25, -0.2) is 0 Å². The lowest BCUT2D eigenvalue weighted by atomic mass is 10.1. The van der Waals surface area contributed by atoms with Crippen LogP contribution in [0.3, 0.4) is 0 Å². The third kappa shape index (κ3) is 1.70. The zero-order valence-electron chi connectivity index (χ0n) is 7.77. The molecule has 0 saturated carbocycles. The summed E-state index contributed by atoms with van der Waals surface area (Å²) in [5.41, 5.74) is 0. The lowest BCUT2D eigenvalue weighted by Crippen LogP contribution is -2.36. The van der Waals surface area contributed by atoms with Gasteiger partial charge >= 0.3 is 0 Å². The topological polar surface area (TPSA) is 47.9 Å². The van der Waals surface area contributed by atoms with Crippen LogP contribution in [0.4, 0.5) is 0 Å². The molecule has 4 heteroatoms. The van der Waals surface area contributed by atoms with E-state index in [0.29, 0.717) is 0 Å². The van der Waals surface area contributed by atoms with Crippen LogP contribution in [-0.2, 0) is 14.2 Å². The molecular weight excluding hydrogens is 172 g/mol. The second kappa shape index (κ2) is 2.97. The van der Waals surface area contributed by atoms with Crippen LogP contribution in [0.1, 0.15) is 13.8 Å². The van der Waals surface area contributed by atoms with Crippen molar-refractivity contribution in [3.63, 3.8) is 0 Å². The van der Waals surface area contributed by atoms with Crippen LogP contribution in [0.5, 0.6) is 0 Å². The fourth-order valence-corrected chi connectivity index (χ4v) is 1.65. The third-order valence-corrected chi connectivity index (χ3v) is 2.17. The molecule has 0 aromatic carbocycles. The molecule has 0 aromatic rings. The zero-order valence-corrected chi connectivity index (χ0v) is 7.77. The highest BCUT2D eigenvalue weighted by Gasteiger charge is 2.44. The molecule has 13 heavy (non-hydrogen) atoms. The van der Waals surface area contributed by atoms with E-state index in [0.717, 1.165) is 0 Å². The maximum atomic E-state index is 9.62. The molecule has 1 N–H and O–H groups in total. The van der Waals surface area contributed by atoms with Gasteiger partial charge in [0.15, 0.2) is 5.79 Å². The molecule has 74 valence electrons. The molecule has 1 unspecified atom stereocenters. The van der Waals surface area contributed by atoms with E-state index in [4.69, 9.17) is 14.2 Å². The van der Waals surface area contributed by atoms with Crippen LogP contribution >= 0.6 is 0 Å². The van der Waals surface area contributed by atoms with Gasteiger partial charge in [-0.15, -0.1) is 0 Å². The van der Waals surface area contributed by atoms with Crippen LogP contribution in [0, 0.1) is 0 Å². The predicted molar refractivity (Wildman–Crippen MR) is 44.9 cm³/mol. The van der Waals surface area contributed by atoms with Gasteiger partial charge in [-0.05, 0) is 19.9 Å². The Bertz CT molecular complexity index is 224. The third-order valence-electron chi connectivity index (χ3n) is 2.17. The molecule has 4 nitrogen and oxygen atoms in total. The quantitative estimate of drug-likeness (QED) is 0.595. The Balaban J connectivity index is 2.16. The summed E-state index contributed by atoms with van der Waals surface area (Å²) in [7, 11) is 0. The van der Waals surface area contributed by atoms with Crippen LogP contribution in [0.15, 0.2) is 12.3 Å². The van der Waals surface area contributed by atoms with Gasteiger partial charge in [-0.1, -0.05) is 0 Å². The highest BCUT2D eigenvalue weighted by atomic mass is 16.8. The summed E-state index contributed by atoms with van der Waals surface area (Å²) in [6.07, 6.45) is 2.19. The highest BCUT2D eigenvalue weighted by molar-refractivity contribution is 5.00. The molecular formula is C9H14O4. The largest absolute Gasteiger partial charge is 0.499 e. The van der Waals surface area contributed by atoms with Crippen LogP contribution in [0.25, 0.3) is 0 Å². The normalized spacial score (nSPS) is 42.2. The first-order valence-electron chi connectivity index (χ1n) is 4.40. The minimum absolute atomic E-state index is 0.201. The fraction of sp³-hybridized carbons (Fsp3) is 0.778. The molecule has 2 aliphatic heterocycles. The minimum atomic E-state index is -0.623. The van der Waals surface area contributed by atoms with Gasteiger partial charge in [0.2, 0.25) is 0 Å². The van der Waals surface area contributed by atoms with E-state index in [9.17, 15) is 5.11 Å². The average Bonchev–Trinajstić information content (AvgIpc) is 2.26. The smallest absolute Gasteiger partial charge is 0.164 e. The fourth-order valence-electron chi connectivity index (χ4n) is 1.65. The second-order valence-electron chi connectivity index (χ2n) is 3.79. The van der Waals surface area contributed by atoms with Crippen molar-refractivity contribution >= 4 is 0 Å². The standard InChI is InChI=1S/C9H14O4/c1-9(2)12-7-3-4-11-5-6(10)8(7)13-9/h3-4,6-8,10H,5H2,1-2H3/t6-,7?,8-/m1/s1. The molecule has 0 spiro atoms. The maximum absolute atomic E-state index is 9.62. The van der Waals surface area contributed by atoms with E-state index in [1.807, 2.05) is 13.8 Å². The van der Waals surface area contributed by atoms with Crippen LogP contribution < -0.4 is 0 Å². The van der Waals surface area contributed by atoms with E-state index < -0.39 is 11.9 Å². The molecule has 2 heterocycles. The van der Waals surface area contributed by atoms with E-state index in [1.165, 1.54) is 0 Å². The minimum Gasteiger partial charge on any atom is -0.499 e. The molecule has 0 aliphatic carbocycles. The van der Waals surface area contributed by atoms with Crippen LogP contribution in [0.2, 0.25) is 0 Å². The van der Waals surface area contributed by atoms with E-state index in [1.54, 1.807) is 12.3 Å². The summed E-state index contributed by atoms with van der Waals surface area (Å²) in [5, 5.41) is 9.62. The lowest BCUT2D eigenvalue weighted by Gasteiger charge is -2.19. The first kappa shape index (κ1) is 8.99. The van der Waals surface area contributed by atoms with Crippen molar-refractivity contribution in [2.24, 2.45) is 0 Å². The Kier molecular flexibility index (Phi) is 2.06. The van der Waals surface area contributed by atoms with Crippen molar-refractivity contribution in [3.05, 3.63) is 12.3 Å². The number of aliphatic hydroxyl groups is 1. The number of ether oxygens (including phenoxy) is 3. The van der Waals surface area contributed by atoms with Gasteiger partial charge in [-0.3, -0.25) is 0 Å². The Morgan fingerprint density at radius 2 is 2.15 bits per heavy atom. The molecule has 2 aliphatic rings. The zero-order chi connectivity index (χ0) is 9.47. The molecule has 0 radical (unpaired) electrons. The van der Waals surface area contributed by atoms with Crippen molar-refractivity contribution in [1.82, 2.24) is 0 Å². The van der Waals surface area contributed by atoms with Crippen molar-refractivity contribution in [2.45, 2.75) is 37.9 Å². The van der Waals surface area contributed by atoms with E-state index in [2.05, 4.69) is 0 Å². The van der Waals surface area contributed by atoms with E-state index in [-0.39, 0.29) is 18.8 Å². The van der Waals surface area contributed by atoms with E-state index >= 15 is 0 Å². The Hall–Kier alpha value is -0.580. The number of fused-ring (bicyclic) bond motifs is 1. The van der Waals surface area contributed by atoms with Crippen LogP contribution in [-0.4, -0.2) is 35.8 Å². The monoisotopic (exact) mass is 186 g/mol. The number of hydrogen-bond acceptors (Lipinski definition) is 4. The molecule has 3 atom stereocenters. The first-order valence-corrected chi connectivity index (χ1v) is 4.40. The predicted octanol–water partition coefficient (Wildman–Crippen LogP) is 0.411. The summed E-state index contributed by atoms with van der Waals surface area (Å²) >= 11 is 0. The van der Waals surface area contributed by atoms with Gasteiger partial charge in [0.25, 0.3) is 0 Å². The maximum Gasteiger partial charge on any atom is 0.164 e. The average molecular weight is 186 g/mol. The van der Waals surface area contributed by atoms with Crippen molar-refractivity contribution in [2.75, 3.05) is 6.61 Å². The first-order chi connectivity index (χ1) is 6.08.